The molecular weight excluding hydrogens is 827 g/mol. The Labute approximate surface area is 395 Å². The number of nitrogens with zero attached hydrogens (tertiary/aromatic N) is 5. The van der Waals surface area contributed by atoms with Gasteiger partial charge in [-0.25, -0.2) is 0 Å². The Kier molecular flexibility index (Phi) is 9.94. The molecule has 10 aromatic carbocycles. The van der Waals surface area contributed by atoms with Crippen LogP contribution in [0.25, 0.3) is 49.7 Å². The summed E-state index contributed by atoms with van der Waals surface area (Å²) in [7, 11) is 0. The van der Waals surface area contributed by atoms with Crippen molar-refractivity contribution in [1.82, 2.24) is 4.57 Å². The predicted molar refractivity (Wildman–Crippen MR) is 278 cm³/mol. The van der Waals surface area contributed by atoms with Crippen molar-refractivity contribution in [3.05, 3.63) is 270 Å². The van der Waals surface area contributed by atoms with Crippen LogP contribution in [0.4, 0.5) is 34.1 Å². The van der Waals surface area contributed by atoms with Gasteiger partial charge in [0.2, 0.25) is 0 Å². The molecule has 0 aliphatic heterocycles. The molecule has 0 N–H and O–H groups in total. The van der Waals surface area contributed by atoms with Gasteiger partial charge in [-0.05, 0) is 160 Å². The summed E-state index contributed by atoms with van der Waals surface area (Å²) >= 11 is 0. The van der Waals surface area contributed by atoms with Crippen LogP contribution in [0, 0.1) is 22.7 Å². The molecule has 1 atom stereocenters. The summed E-state index contributed by atoms with van der Waals surface area (Å²) in [6, 6.07) is 89.7. The maximum atomic E-state index is 9.67. The van der Waals surface area contributed by atoms with Crippen LogP contribution in [0.1, 0.15) is 33.7 Å². The highest BCUT2D eigenvalue weighted by Gasteiger charge is 2.30. The van der Waals surface area contributed by atoms with Gasteiger partial charge in [-0.3, -0.25) is 0 Å². The van der Waals surface area contributed by atoms with E-state index in [2.05, 4.69) is 215 Å². The Morgan fingerprint density at radius 1 is 0.353 bits per heavy atom. The summed E-state index contributed by atoms with van der Waals surface area (Å²) in [4.78, 5) is 4.53. The molecule has 318 valence electrons. The van der Waals surface area contributed by atoms with Crippen LogP contribution in [0.2, 0.25) is 0 Å². The Bertz CT molecular complexity index is 3730. The Morgan fingerprint density at radius 2 is 0.809 bits per heavy atom. The van der Waals surface area contributed by atoms with Crippen LogP contribution < -0.4 is 9.80 Å². The van der Waals surface area contributed by atoms with Gasteiger partial charge in [-0.1, -0.05) is 121 Å². The number of hydrogen-bond donors (Lipinski definition) is 0. The fourth-order valence-electron chi connectivity index (χ4n) is 10.2. The van der Waals surface area contributed by atoms with Crippen molar-refractivity contribution < 1.29 is 0 Å². The molecule has 5 nitrogen and oxygen atoms in total. The van der Waals surface area contributed by atoms with Gasteiger partial charge >= 0.3 is 0 Å². The molecule has 0 saturated heterocycles. The molecule has 0 amide bonds. The zero-order chi connectivity index (χ0) is 45.6. The van der Waals surface area contributed by atoms with Gasteiger partial charge in [0.25, 0.3) is 0 Å². The standard InChI is InChI=1S/C63H41N5/c64-41-43-19-27-49(28-20-43)66(53-35-37-58-59(39-53)55-15-7-8-17-57(55)63(58)47-11-3-1-4-12-47)51-31-23-45(24-32-51)46-25-33-52(34-26-46)67(50-29-21-44(42-65)22-30-50)54-36-38-62-60(40-54)56-16-9-10-18-61(56)68(62)48-13-5-2-6-14-48/h1-40,63H. The lowest BCUT2D eigenvalue weighted by Crippen LogP contribution is -2.10. The molecule has 1 heterocycles. The first-order valence-electron chi connectivity index (χ1n) is 22.8. The molecule has 0 fully saturated rings. The lowest BCUT2D eigenvalue weighted by atomic mass is 9.89. The molecule has 0 radical (unpaired) electrons. The van der Waals surface area contributed by atoms with Crippen molar-refractivity contribution in [2.45, 2.75) is 5.92 Å². The maximum Gasteiger partial charge on any atom is 0.0991 e. The fraction of sp³-hybridized carbons (Fsp3) is 0.0159. The van der Waals surface area contributed by atoms with Gasteiger partial charge in [0.1, 0.15) is 0 Å². The minimum Gasteiger partial charge on any atom is -0.310 e. The van der Waals surface area contributed by atoms with Gasteiger partial charge in [-0.2, -0.15) is 10.5 Å². The first-order chi connectivity index (χ1) is 33.6. The van der Waals surface area contributed by atoms with Crippen molar-refractivity contribution in [1.29, 1.82) is 10.5 Å². The van der Waals surface area contributed by atoms with Gasteiger partial charge in [0, 0.05) is 56.5 Å². The minimum absolute atomic E-state index is 0.165. The molecule has 0 bridgehead atoms. The summed E-state index contributed by atoms with van der Waals surface area (Å²) in [6.07, 6.45) is 0. The molecule has 1 unspecified atom stereocenters. The molecule has 1 aliphatic rings. The van der Waals surface area contributed by atoms with E-state index < -0.39 is 0 Å². The summed E-state index contributed by atoms with van der Waals surface area (Å²) < 4.78 is 2.33. The largest absolute Gasteiger partial charge is 0.310 e. The summed E-state index contributed by atoms with van der Waals surface area (Å²) in [5.41, 5.74) is 19.2. The molecule has 0 spiro atoms. The van der Waals surface area contributed by atoms with Crippen molar-refractivity contribution in [3.8, 4) is 40.1 Å². The normalized spacial score (nSPS) is 12.5. The van der Waals surface area contributed by atoms with E-state index in [4.69, 9.17) is 0 Å². The molecule has 1 aliphatic carbocycles. The molecule has 1 aromatic heterocycles. The highest BCUT2D eigenvalue weighted by molar-refractivity contribution is 6.10. The minimum atomic E-state index is 0.165. The zero-order valence-corrected chi connectivity index (χ0v) is 36.9. The van der Waals surface area contributed by atoms with E-state index in [1.54, 1.807) is 0 Å². The molecule has 68 heavy (non-hydrogen) atoms. The van der Waals surface area contributed by atoms with Crippen molar-refractivity contribution in [2.24, 2.45) is 0 Å². The molecule has 12 rings (SSSR count). The average molecular weight is 868 g/mol. The second-order valence-electron chi connectivity index (χ2n) is 17.2. The van der Waals surface area contributed by atoms with Crippen LogP contribution in [0.5, 0.6) is 0 Å². The number of aromatic nitrogens is 1. The second-order valence-corrected chi connectivity index (χ2v) is 17.2. The third-order valence-electron chi connectivity index (χ3n) is 13.3. The zero-order valence-electron chi connectivity index (χ0n) is 36.9. The highest BCUT2D eigenvalue weighted by atomic mass is 15.1. The van der Waals surface area contributed by atoms with E-state index in [1.807, 2.05) is 54.6 Å². The van der Waals surface area contributed by atoms with Crippen LogP contribution in [0.15, 0.2) is 243 Å². The number of fused-ring (bicyclic) bond motifs is 6. The van der Waals surface area contributed by atoms with Crippen LogP contribution in [-0.2, 0) is 0 Å². The summed E-state index contributed by atoms with van der Waals surface area (Å²) in [5, 5.41) is 21.7. The van der Waals surface area contributed by atoms with Crippen molar-refractivity contribution >= 4 is 55.9 Å². The average Bonchev–Trinajstić information content (AvgIpc) is 3.92. The topological polar surface area (TPSA) is 59.0 Å². The predicted octanol–water partition coefficient (Wildman–Crippen LogP) is 16.3. The monoisotopic (exact) mass is 867 g/mol. The quantitative estimate of drug-likeness (QED) is 0.145. The van der Waals surface area contributed by atoms with E-state index in [-0.39, 0.29) is 5.92 Å². The van der Waals surface area contributed by atoms with E-state index in [0.717, 1.165) is 67.4 Å². The van der Waals surface area contributed by atoms with Gasteiger partial charge in [-0.15, -0.1) is 0 Å². The maximum absolute atomic E-state index is 9.67. The number of para-hydroxylation sites is 2. The van der Waals surface area contributed by atoms with Gasteiger partial charge in [0.15, 0.2) is 0 Å². The van der Waals surface area contributed by atoms with Gasteiger partial charge in [0.05, 0.1) is 34.3 Å². The lowest BCUT2D eigenvalue weighted by molar-refractivity contribution is 1.01. The first kappa shape index (κ1) is 40.1. The van der Waals surface area contributed by atoms with E-state index in [9.17, 15) is 10.5 Å². The number of hydrogen-bond acceptors (Lipinski definition) is 4. The fourth-order valence-corrected chi connectivity index (χ4v) is 10.2. The molecule has 0 saturated carbocycles. The first-order valence-corrected chi connectivity index (χ1v) is 22.8. The SMILES string of the molecule is N#Cc1ccc(N(c2ccc(-c3ccc(N(c4ccc(C#N)cc4)c4ccc5c(c4)c4ccccc4n5-c4ccccc4)cc3)cc2)c2ccc3c(c2)-c2ccccc2C3c2ccccc2)cc1. The molecule has 5 heteroatoms. The van der Waals surface area contributed by atoms with Crippen LogP contribution >= 0.6 is 0 Å². The van der Waals surface area contributed by atoms with E-state index in [1.165, 1.54) is 33.2 Å². The van der Waals surface area contributed by atoms with Crippen LogP contribution in [-0.4, -0.2) is 4.57 Å². The Morgan fingerprint density at radius 3 is 1.41 bits per heavy atom. The number of benzene rings is 10. The van der Waals surface area contributed by atoms with Crippen molar-refractivity contribution in [3.63, 3.8) is 0 Å². The number of nitriles is 2. The summed E-state index contributed by atoms with van der Waals surface area (Å²) in [6.45, 7) is 0. The summed E-state index contributed by atoms with van der Waals surface area (Å²) in [5.74, 6) is 0.165. The number of rotatable bonds is 9. The third kappa shape index (κ3) is 6.95. The van der Waals surface area contributed by atoms with E-state index >= 15 is 0 Å². The Balaban J connectivity index is 0.906. The molecule has 11 aromatic rings. The smallest absolute Gasteiger partial charge is 0.0991 e. The Hall–Kier alpha value is -9.42. The lowest BCUT2D eigenvalue weighted by Gasteiger charge is -2.27. The molecular formula is C63H41N5. The number of anilines is 6. The highest BCUT2D eigenvalue weighted by Crippen LogP contribution is 2.50. The van der Waals surface area contributed by atoms with Crippen molar-refractivity contribution in [2.75, 3.05) is 9.80 Å². The van der Waals surface area contributed by atoms with Crippen LogP contribution in [0.3, 0.4) is 0 Å². The van der Waals surface area contributed by atoms with Gasteiger partial charge < -0.3 is 14.4 Å². The second kappa shape index (κ2) is 16.9. The third-order valence-corrected chi connectivity index (χ3v) is 13.3. The van der Waals surface area contributed by atoms with E-state index in [0.29, 0.717) is 11.1 Å².